The van der Waals surface area contributed by atoms with Gasteiger partial charge in [0.05, 0.1) is 12.1 Å². The number of rotatable bonds is 6. The topological polar surface area (TPSA) is 70.1 Å². The second-order valence-corrected chi connectivity index (χ2v) is 4.75. The summed E-state index contributed by atoms with van der Waals surface area (Å²) in [5, 5.41) is 8.86. The number of amides is 1. The Kier molecular flexibility index (Phi) is 6.04. The molecule has 102 valence electrons. The highest BCUT2D eigenvalue weighted by molar-refractivity contribution is 5.82. The Bertz CT molecular complexity index is 438. The van der Waals surface area contributed by atoms with E-state index in [-0.39, 0.29) is 18.4 Å². The van der Waals surface area contributed by atoms with Gasteiger partial charge in [0.1, 0.15) is 6.54 Å². The summed E-state index contributed by atoms with van der Waals surface area (Å²) in [6.07, 6.45) is 0.846. The van der Waals surface area contributed by atoms with E-state index in [1.165, 1.54) is 4.90 Å². The van der Waals surface area contributed by atoms with Gasteiger partial charge in [-0.2, -0.15) is 5.26 Å². The molecule has 0 heterocycles. The van der Waals surface area contributed by atoms with E-state index in [0.29, 0.717) is 6.54 Å². The van der Waals surface area contributed by atoms with Crippen molar-refractivity contribution in [1.29, 1.82) is 5.26 Å². The van der Waals surface area contributed by atoms with Gasteiger partial charge in [-0.1, -0.05) is 50.6 Å². The molecule has 4 heteroatoms. The molecule has 1 unspecified atom stereocenters. The van der Waals surface area contributed by atoms with Crippen LogP contribution in [0, 0.1) is 17.2 Å². The monoisotopic (exact) mass is 259 g/mol. The summed E-state index contributed by atoms with van der Waals surface area (Å²) < 4.78 is 0. The Morgan fingerprint density at radius 1 is 1.42 bits per heavy atom. The summed E-state index contributed by atoms with van der Waals surface area (Å²) in [5.41, 5.74) is 6.96. The van der Waals surface area contributed by atoms with Crippen LogP contribution < -0.4 is 5.73 Å². The first-order valence-corrected chi connectivity index (χ1v) is 6.55. The van der Waals surface area contributed by atoms with E-state index in [1.54, 1.807) is 0 Å². The van der Waals surface area contributed by atoms with Gasteiger partial charge in [0.25, 0.3) is 0 Å². The zero-order valence-corrected chi connectivity index (χ0v) is 11.5. The molecule has 2 atom stereocenters. The summed E-state index contributed by atoms with van der Waals surface area (Å²) >= 11 is 0. The minimum absolute atomic E-state index is 0.0673. The molecule has 0 saturated heterocycles. The van der Waals surface area contributed by atoms with Crippen molar-refractivity contribution in [2.45, 2.75) is 32.9 Å². The van der Waals surface area contributed by atoms with Gasteiger partial charge in [0.15, 0.2) is 0 Å². The molecule has 0 aliphatic heterocycles. The van der Waals surface area contributed by atoms with E-state index in [2.05, 4.69) is 0 Å². The molecule has 2 N–H and O–H groups in total. The number of nitriles is 1. The molecular formula is C15H21N3O. The van der Waals surface area contributed by atoms with E-state index in [0.717, 1.165) is 12.0 Å². The fourth-order valence-electron chi connectivity index (χ4n) is 1.81. The quantitative estimate of drug-likeness (QED) is 0.793. The highest BCUT2D eigenvalue weighted by Crippen LogP contribution is 2.11. The second-order valence-electron chi connectivity index (χ2n) is 4.75. The number of hydrogen-bond acceptors (Lipinski definition) is 3. The number of carbonyl (C=O) groups excluding carboxylic acids is 1. The SMILES string of the molecule is CCC(C)[C@H](N)C(=O)N(CC#N)Cc1ccccc1. The van der Waals surface area contributed by atoms with E-state index in [4.69, 9.17) is 11.0 Å². The number of carbonyl (C=O) groups is 1. The standard InChI is InChI=1S/C15H21N3O/c1-3-12(2)14(17)15(19)18(10-9-16)11-13-7-5-4-6-8-13/h4-8,12,14H,3,10-11,17H2,1-2H3/t12?,14-/m0/s1. The summed E-state index contributed by atoms with van der Waals surface area (Å²) in [4.78, 5) is 13.8. The lowest BCUT2D eigenvalue weighted by molar-refractivity contribution is -0.133. The zero-order chi connectivity index (χ0) is 14.3. The van der Waals surface area contributed by atoms with Crippen LogP contribution in [-0.4, -0.2) is 23.4 Å². The Morgan fingerprint density at radius 2 is 2.05 bits per heavy atom. The Hall–Kier alpha value is -1.86. The molecule has 0 aliphatic carbocycles. The molecule has 0 aromatic heterocycles. The van der Waals surface area contributed by atoms with Crippen molar-refractivity contribution in [2.24, 2.45) is 11.7 Å². The van der Waals surface area contributed by atoms with Crippen LogP contribution in [0.2, 0.25) is 0 Å². The largest absolute Gasteiger partial charge is 0.324 e. The molecule has 4 nitrogen and oxygen atoms in total. The smallest absolute Gasteiger partial charge is 0.240 e. The molecule has 1 aromatic carbocycles. The first-order chi connectivity index (χ1) is 9.10. The van der Waals surface area contributed by atoms with E-state index in [9.17, 15) is 4.79 Å². The lowest BCUT2D eigenvalue weighted by atomic mass is 9.98. The van der Waals surface area contributed by atoms with Crippen molar-refractivity contribution in [3.63, 3.8) is 0 Å². The van der Waals surface area contributed by atoms with Crippen molar-refractivity contribution in [3.8, 4) is 6.07 Å². The fraction of sp³-hybridized carbons (Fsp3) is 0.467. The van der Waals surface area contributed by atoms with Crippen LogP contribution in [0.15, 0.2) is 30.3 Å². The molecule has 0 saturated carbocycles. The third-order valence-electron chi connectivity index (χ3n) is 3.33. The van der Waals surface area contributed by atoms with E-state index < -0.39 is 6.04 Å². The van der Waals surface area contributed by atoms with E-state index in [1.807, 2.05) is 50.2 Å². The molecule has 1 aromatic rings. The maximum atomic E-state index is 12.3. The number of hydrogen-bond donors (Lipinski definition) is 1. The van der Waals surface area contributed by atoms with Gasteiger partial charge in [0.2, 0.25) is 5.91 Å². The van der Waals surface area contributed by atoms with Gasteiger partial charge in [-0.05, 0) is 11.5 Å². The normalized spacial score (nSPS) is 13.4. The van der Waals surface area contributed by atoms with Crippen LogP contribution in [0.3, 0.4) is 0 Å². The highest BCUT2D eigenvalue weighted by Gasteiger charge is 2.24. The van der Waals surface area contributed by atoms with Crippen molar-refractivity contribution >= 4 is 5.91 Å². The Labute approximate surface area is 114 Å². The third kappa shape index (κ3) is 4.38. The van der Waals surface area contributed by atoms with Gasteiger partial charge in [-0.15, -0.1) is 0 Å². The average Bonchev–Trinajstić information content (AvgIpc) is 2.45. The molecule has 19 heavy (non-hydrogen) atoms. The summed E-state index contributed by atoms with van der Waals surface area (Å²) in [6, 6.07) is 11.1. The van der Waals surface area contributed by atoms with Crippen molar-refractivity contribution < 1.29 is 4.79 Å². The predicted octanol–water partition coefficient (Wildman–Crippen LogP) is 1.91. The maximum absolute atomic E-state index is 12.3. The van der Waals surface area contributed by atoms with E-state index >= 15 is 0 Å². The van der Waals surface area contributed by atoms with Crippen molar-refractivity contribution in [3.05, 3.63) is 35.9 Å². The molecule has 0 radical (unpaired) electrons. The third-order valence-corrected chi connectivity index (χ3v) is 3.33. The summed E-state index contributed by atoms with van der Waals surface area (Å²) in [6.45, 7) is 4.45. The first-order valence-electron chi connectivity index (χ1n) is 6.55. The van der Waals surface area contributed by atoms with Crippen LogP contribution >= 0.6 is 0 Å². The van der Waals surface area contributed by atoms with Crippen LogP contribution in [-0.2, 0) is 11.3 Å². The molecule has 1 amide bonds. The zero-order valence-electron chi connectivity index (χ0n) is 11.5. The minimum atomic E-state index is -0.540. The number of nitrogens with zero attached hydrogens (tertiary/aromatic N) is 2. The van der Waals surface area contributed by atoms with Crippen molar-refractivity contribution in [1.82, 2.24) is 4.90 Å². The van der Waals surface area contributed by atoms with Gasteiger partial charge in [-0.25, -0.2) is 0 Å². The lowest BCUT2D eigenvalue weighted by Gasteiger charge is -2.26. The molecule has 0 aliphatic rings. The van der Waals surface area contributed by atoms with Crippen LogP contribution in [0.25, 0.3) is 0 Å². The second kappa shape index (κ2) is 7.55. The highest BCUT2D eigenvalue weighted by atomic mass is 16.2. The minimum Gasteiger partial charge on any atom is -0.324 e. The molecule has 0 spiro atoms. The summed E-state index contributed by atoms with van der Waals surface area (Å²) in [7, 11) is 0. The maximum Gasteiger partial charge on any atom is 0.240 e. The molecule has 0 fully saturated rings. The van der Waals surface area contributed by atoms with Gasteiger partial charge >= 0.3 is 0 Å². The van der Waals surface area contributed by atoms with Gasteiger partial charge < -0.3 is 10.6 Å². The average molecular weight is 259 g/mol. The van der Waals surface area contributed by atoms with Crippen LogP contribution in [0.1, 0.15) is 25.8 Å². The summed E-state index contributed by atoms with van der Waals surface area (Å²) in [5.74, 6) is -0.0378. The fourth-order valence-corrected chi connectivity index (χ4v) is 1.81. The molecule has 0 bridgehead atoms. The Morgan fingerprint density at radius 3 is 2.58 bits per heavy atom. The van der Waals surface area contributed by atoms with Crippen molar-refractivity contribution in [2.75, 3.05) is 6.54 Å². The number of nitrogens with two attached hydrogens (primary N) is 1. The van der Waals surface area contributed by atoms with Gasteiger partial charge in [-0.3, -0.25) is 4.79 Å². The first kappa shape index (κ1) is 15.2. The van der Waals surface area contributed by atoms with Crippen LogP contribution in [0.5, 0.6) is 0 Å². The van der Waals surface area contributed by atoms with Crippen LogP contribution in [0.4, 0.5) is 0 Å². The Balaban J connectivity index is 2.77. The predicted molar refractivity (Wildman–Crippen MR) is 74.9 cm³/mol. The number of benzene rings is 1. The molecule has 1 rings (SSSR count). The molecular weight excluding hydrogens is 238 g/mol. The van der Waals surface area contributed by atoms with Gasteiger partial charge in [0, 0.05) is 6.54 Å². The lowest BCUT2D eigenvalue weighted by Crippen LogP contribution is -2.46.